The van der Waals surface area contributed by atoms with Crippen molar-refractivity contribution in [3.05, 3.63) is 86.9 Å². The molecule has 6 nitrogen and oxygen atoms in total. The number of aryl methyl sites for hydroxylation is 2. The molecule has 0 saturated carbocycles. The van der Waals surface area contributed by atoms with Crippen molar-refractivity contribution in [3.8, 4) is 5.00 Å². The number of amides is 3. The highest BCUT2D eigenvalue weighted by molar-refractivity contribution is 8.18. The number of anilines is 1. The number of nitrogens with one attached hydrogen (secondary N) is 1. The zero-order valence-electron chi connectivity index (χ0n) is 20.3. The van der Waals surface area contributed by atoms with Crippen LogP contribution in [0.1, 0.15) is 50.6 Å². The number of carbonyl (C=O) groups excluding carboxylic acids is 3. The maximum atomic E-state index is 13.6. The minimum Gasteiger partial charge on any atom is -0.322 e. The fraction of sp³-hybridized carbons (Fsp3) is 0.250. The van der Waals surface area contributed by atoms with Gasteiger partial charge in [-0.25, -0.2) is 0 Å². The van der Waals surface area contributed by atoms with Crippen LogP contribution in [0.25, 0.3) is 11.1 Å². The number of aromatic nitrogens is 1. The number of carbonyl (C=O) groups is 3. The predicted molar refractivity (Wildman–Crippen MR) is 147 cm³/mol. The van der Waals surface area contributed by atoms with E-state index in [1.165, 1.54) is 9.78 Å². The summed E-state index contributed by atoms with van der Waals surface area (Å²) in [5.41, 5.74) is 5.40. The number of nitrogens with zero attached hydrogens (tertiary/aromatic N) is 2. The van der Waals surface area contributed by atoms with Gasteiger partial charge >= 0.3 is 0 Å². The van der Waals surface area contributed by atoms with Crippen molar-refractivity contribution in [1.29, 1.82) is 0 Å². The maximum Gasteiger partial charge on any atom is 0.293 e. The molecule has 5 rings (SSSR count). The number of hydrogen-bond acceptors (Lipinski definition) is 5. The van der Waals surface area contributed by atoms with Crippen LogP contribution in [0, 0.1) is 13.8 Å². The van der Waals surface area contributed by atoms with Gasteiger partial charge in [0.1, 0.15) is 5.00 Å². The Morgan fingerprint density at radius 2 is 1.89 bits per heavy atom. The van der Waals surface area contributed by atoms with Gasteiger partial charge in [-0.2, -0.15) is 0 Å². The minimum absolute atomic E-state index is 0.102. The molecule has 0 spiro atoms. The average molecular weight is 518 g/mol. The van der Waals surface area contributed by atoms with Crippen LogP contribution in [0.4, 0.5) is 10.5 Å². The van der Waals surface area contributed by atoms with Gasteiger partial charge in [-0.1, -0.05) is 24.3 Å². The van der Waals surface area contributed by atoms with E-state index < -0.39 is 0 Å². The van der Waals surface area contributed by atoms with E-state index in [2.05, 4.69) is 16.5 Å². The molecular formula is C28H27N3O3S2. The standard InChI is InChI=1S/C28H27N3O3S2/c1-4-14-30-26(33)23(36-28(30)34)16-19-15-17(2)31(18(19)3)27-24(21-12-8-9-13-22(21)35-27)25(32)29-20-10-6-5-7-11-20/h4-7,10-11,15-16H,1,8-9,12-14H2,2-3H3,(H,29,32)/b23-16+. The molecule has 1 aliphatic carbocycles. The Balaban J connectivity index is 1.57. The second-order valence-corrected chi connectivity index (χ2v) is 11.0. The van der Waals surface area contributed by atoms with Crippen LogP contribution in [-0.2, 0) is 17.6 Å². The van der Waals surface area contributed by atoms with Crippen molar-refractivity contribution in [3.63, 3.8) is 0 Å². The van der Waals surface area contributed by atoms with Crippen LogP contribution < -0.4 is 5.32 Å². The molecule has 2 aromatic heterocycles. The number of para-hydroxylation sites is 1. The summed E-state index contributed by atoms with van der Waals surface area (Å²) in [4.78, 5) is 41.5. The normalized spacial score (nSPS) is 16.5. The molecule has 1 saturated heterocycles. The predicted octanol–water partition coefficient (Wildman–Crippen LogP) is 6.51. The highest BCUT2D eigenvalue weighted by Gasteiger charge is 2.34. The lowest BCUT2D eigenvalue weighted by Gasteiger charge is -2.14. The van der Waals surface area contributed by atoms with Crippen LogP contribution in [-0.4, -0.2) is 33.1 Å². The zero-order chi connectivity index (χ0) is 25.4. The summed E-state index contributed by atoms with van der Waals surface area (Å²) in [5, 5.41) is 3.70. The van der Waals surface area contributed by atoms with Gasteiger partial charge in [-0.15, -0.1) is 17.9 Å². The van der Waals surface area contributed by atoms with E-state index >= 15 is 0 Å². The quantitative estimate of drug-likeness (QED) is 0.299. The molecule has 8 heteroatoms. The largest absolute Gasteiger partial charge is 0.322 e. The highest BCUT2D eigenvalue weighted by atomic mass is 32.2. The number of fused-ring (bicyclic) bond motifs is 1. The molecule has 3 heterocycles. The Morgan fingerprint density at radius 3 is 2.64 bits per heavy atom. The fourth-order valence-corrected chi connectivity index (χ4v) is 7.17. The molecule has 2 aliphatic rings. The molecule has 0 bridgehead atoms. The van der Waals surface area contributed by atoms with Gasteiger partial charge < -0.3 is 9.88 Å². The maximum absolute atomic E-state index is 13.6. The number of rotatable bonds is 6. The molecular weight excluding hydrogens is 490 g/mol. The first-order chi connectivity index (χ1) is 17.4. The first-order valence-electron chi connectivity index (χ1n) is 12.0. The topological polar surface area (TPSA) is 71.4 Å². The van der Waals surface area contributed by atoms with Gasteiger partial charge in [0.2, 0.25) is 0 Å². The highest BCUT2D eigenvalue weighted by Crippen LogP contribution is 2.40. The molecule has 184 valence electrons. The molecule has 3 aromatic rings. The monoisotopic (exact) mass is 517 g/mol. The Morgan fingerprint density at radius 1 is 1.14 bits per heavy atom. The first kappa shape index (κ1) is 24.3. The number of imide groups is 1. The molecule has 3 amide bonds. The van der Waals surface area contributed by atoms with E-state index in [1.807, 2.05) is 50.2 Å². The third kappa shape index (κ3) is 4.35. The number of benzene rings is 1. The van der Waals surface area contributed by atoms with Crippen molar-refractivity contribution >= 4 is 51.9 Å². The van der Waals surface area contributed by atoms with Crippen molar-refractivity contribution in [2.24, 2.45) is 0 Å². The summed E-state index contributed by atoms with van der Waals surface area (Å²) in [6.45, 7) is 7.82. The Labute approximate surface area is 218 Å². The lowest BCUT2D eigenvalue weighted by Crippen LogP contribution is -2.27. The van der Waals surface area contributed by atoms with E-state index in [1.54, 1.807) is 23.5 Å². The smallest absolute Gasteiger partial charge is 0.293 e. The van der Waals surface area contributed by atoms with Gasteiger partial charge in [0.25, 0.3) is 17.1 Å². The van der Waals surface area contributed by atoms with E-state index in [9.17, 15) is 14.4 Å². The van der Waals surface area contributed by atoms with Crippen molar-refractivity contribution in [1.82, 2.24) is 9.47 Å². The summed E-state index contributed by atoms with van der Waals surface area (Å²) < 4.78 is 2.11. The van der Waals surface area contributed by atoms with Crippen LogP contribution in [0.15, 0.2) is 54.0 Å². The zero-order valence-corrected chi connectivity index (χ0v) is 21.9. The van der Waals surface area contributed by atoms with Gasteiger partial charge in [-0.3, -0.25) is 19.3 Å². The van der Waals surface area contributed by atoms with Crippen molar-refractivity contribution in [2.75, 3.05) is 11.9 Å². The van der Waals surface area contributed by atoms with E-state index in [-0.39, 0.29) is 23.6 Å². The Bertz CT molecular complexity index is 1420. The number of thiophene rings is 1. The summed E-state index contributed by atoms with van der Waals surface area (Å²) in [5.74, 6) is -0.403. The third-order valence-electron chi connectivity index (χ3n) is 6.56. The summed E-state index contributed by atoms with van der Waals surface area (Å²) in [6, 6.07) is 11.5. The lowest BCUT2D eigenvalue weighted by molar-refractivity contribution is -0.122. The molecule has 1 aliphatic heterocycles. The first-order valence-corrected chi connectivity index (χ1v) is 13.6. The molecule has 0 atom stereocenters. The van der Waals surface area contributed by atoms with Gasteiger partial charge in [0.15, 0.2) is 0 Å². The van der Waals surface area contributed by atoms with Crippen molar-refractivity contribution < 1.29 is 14.4 Å². The van der Waals surface area contributed by atoms with Gasteiger partial charge in [-0.05, 0) is 86.7 Å². The minimum atomic E-state index is -0.302. The van der Waals surface area contributed by atoms with Crippen LogP contribution >= 0.6 is 23.1 Å². The SMILES string of the molecule is C=CCN1C(=O)S/C(=C/c2cc(C)n(-c3sc4c(c3C(=O)Nc3ccccc3)CCCC4)c2C)C1=O. The third-order valence-corrected chi connectivity index (χ3v) is 8.74. The Kier molecular flexibility index (Phi) is 6.73. The summed E-state index contributed by atoms with van der Waals surface area (Å²) >= 11 is 2.63. The summed E-state index contributed by atoms with van der Waals surface area (Å²) in [6.07, 6.45) is 7.41. The van der Waals surface area contributed by atoms with Crippen LogP contribution in [0.3, 0.4) is 0 Å². The molecule has 36 heavy (non-hydrogen) atoms. The molecule has 1 N–H and O–H groups in total. The molecule has 0 radical (unpaired) electrons. The van der Waals surface area contributed by atoms with Crippen molar-refractivity contribution in [2.45, 2.75) is 39.5 Å². The average Bonchev–Trinajstić information content (AvgIpc) is 3.46. The van der Waals surface area contributed by atoms with Crippen LogP contribution in [0.5, 0.6) is 0 Å². The van der Waals surface area contributed by atoms with E-state index in [0.717, 1.165) is 76.2 Å². The van der Waals surface area contributed by atoms with Crippen LogP contribution in [0.2, 0.25) is 0 Å². The summed E-state index contributed by atoms with van der Waals surface area (Å²) in [7, 11) is 0. The second kappa shape index (κ2) is 9.95. The molecule has 0 unspecified atom stereocenters. The second-order valence-electron chi connectivity index (χ2n) is 8.95. The molecule has 1 aromatic carbocycles. The number of thioether (sulfide) groups is 1. The van der Waals surface area contributed by atoms with E-state index in [0.29, 0.717) is 4.91 Å². The van der Waals surface area contributed by atoms with Gasteiger partial charge in [0, 0.05) is 28.5 Å². The Hall–Kier alpha value is -3.36. The fourth-order valence-electron chi connectivity index (χ4n) is 4.83. The number of hydrogen-bond donors (Lipinski definition) is 1. The van der Waals surface area contributed by atoms with E-state index in [4.69, 9.17) is 0 Å². The lowest BCUT2D eigenvalue weighted by atomic mass is 9.95. The van der Waals surface area contributed by atoms with Gasteiger partial charge in [0.05, 0.1) is 10.5 Å². The molecule has 1 fully saturated rings.